The van der Waals surface area contributed by atoms with E-state index in [-0.39, 0.29) is 31.2 Å². The van der Waals surface area contributed by atoms with Gasteiger partial charge in [-0.05, 0) is 53.0 Å². The molecule has 178 valence electrons. The zero-order valence-corrected chi connectivity index (χ0v) is 18.9. The Bertz CT molecular complexity index is 713. The molecule has 1 unspecified atom stereocenters. The van der Waals surface area contributed by atoms with Crippen LogP contribution in [0.25, 0.3) is 0 Å². The van der Waals surface area contributed by atoms with Crippen molar-refractivity contribution < 1.29 is 32.0 Å². The van der Waals surface area contributed by atoms with Crippen LogP contribution >= 0.6 is 0 Å². The summed E-state index contributed by atoms with van der Waals surface area (Å²) in [7, 11) is 0. The lowest BCUT2D eigenvalue weighted by atomic mass is 9.84. The Kier molecular flexibility index (Phi) is 8.52. The monoisotopic (exact) mass is 449 g/mol. The van der Waals surface area contributed by atoms with Crippen molar-refractivity contribution in [2.45, 2.75) is 96.2 Å². The fraction of sp³-hybridized carbons (Fsp3) is 0.810. The fourth-order valence-electron chi connectivity index (χ4n) is 3.10. The average molecular weight is 450 g/mol. The number of alkyl halides is 3. The van der Waals surface area contributed by atoms with E-state index in [0.29, 0.717) is 12.3 Å². The molecule has 10 heteroatoms. The Morgan fingerprint density at radius 1 is 1.29 bits per heavy atom. The van der Waals surface area contributed by atoms with Crippen LogP contribution < -0.4 is 10.6 Å². The minimum Gasteiger partial charge on any atom is -0.353 e. The van der Waals surface area contributed by atoms with Gasteiger partial charge in [-0.15, -0.1) is 0 Å². The molecule has 2 atom stereocenters. The molecule has 7 nitrogen and oxygen atoms in total. The van der Waals surface area contributed by atoms with Crippen molar-refractivity contribution in [3.63, 3.8) is 0 Å². The lowest BCUT2D eigenvalue weighted by molar-refractivity contribution is -0.196. The first-order valence-electron chi connectivity index (χ1n) is 10.7. The molecule has 0 spiro atoms. The van der Waals surface area contributed by atoms with Crippen LogP contribution in [0.2, 0.25) is 0 Å². The Labute approximate surface area is 181 Å². The predicted octanol–water partition coefficient (Wildman–Crippen LogP) is 4.53. The third kappa shape index (κ3) is 7.76. The molecule has 2 heterocycles. The van der Waals surface area contributed by atoms with E-state index < -0.39 is 29.5 Å². The van der Waals surface area contributed by atoms with Crippen molar-refractivity contribution in [3.05, 3.63) is 11.8 Å². The summed E-state index contributed by atoms with van der Waals surface area (Å²) in [5, 5.41) is 9.56. The SMILES string of the molecule is C[C@H](OC1CCCCO1)C(C)(C)c1cc(NC(=O)C(C)(C)NCCCC(F)(F)F)on1. The Hall–Kier alpha value is -1.65. The molecular weight excluding hydrogens is 415 g/mol. The van der Waals surface area contributed by atoms with Gasteiger partial charge in [0.15, 0.2) is 6.29 Å². The van der Waals surface area contributed by atoms with Crippen molar-refractivity contribution in [2.24, 2.45) is 0 Å². The van der Waals surface area contributed by atoms with Crippen LogP contribution in [0.15, 0.2) is 10.6 Å². The molecule has 1 aliphatic rings. The van der Waals surface area contributed by atoms with Crippen LogP contribution in [-0.2, 0) is 19.7 Å². The predicted molar refractivity (Wildman–Crippen MR) is 110 cm³/mol. The van der Waals surface area contributed by atoms with Crippen molar-refractivity contribution in [1.82, 2.24) is 10.5 Å². The van der Waals surface area contributed by atoms with Gasteiger partial charge in [-0.1, -0.05) is 19.0 Å². The van der Waals surface area contributed by atoms with Gasteiger partial charge < -0.3 is 19.3 Å². The van der Waals surface area contributed by atoms with Gasteiger partial charge in [-0.2, -0.15) is 13.2 Å². The highest BCUT2D eigenvalue weighted by Gasteiger charge is 2.35. The summed E-state index contributed by atoms with van der Waals surface area (Å²) in [5.41, 5.74) is -0.969. The van der Waals surface area contributed by atoms with Crippen molar-refractivity contribution in [3.8, 4) is 0 Å². The first kappa shape index (κ1) is 25.6. The smallest absolute Gasteiger partial charge is 0.353 e. The van der Waals surface area contributed by atoms with Crippen LogP contribution in [0.1, 0.15) is 72.4 Å². The number of rotatable bonds is 10. The Morgan fingerprint density at radius 2 is 2.00 bits per heavy atom. The van der Waals surface area contributed by atoms with E-state index in [1.165, 1.54) is 0 Å². The molecule has 0 aliphatic carbocycles. The third-order valence-electron chi connectivity index (χ3n) is 5.69. The molecule has 1 aromatic rings. The van der Waals surface area contributed by atoms with Crippen LogP contribution in [-0.4, -0.2) is 48.3 Å². The number of nitrogens with one attached hydrogen (secondary N) is 2. The molecular formula is C21H34F3N3O4. The number of nitrogens with zero attached hydrogens (tertiary/aromatic N) is 1. The number of carbonyl (C=O) groups excluding carboxylic acids is 1. The van der Waals surface area contributed by atoms with E-state index in [1.54, 1.807) is 19.9 Å². The molecule has 0 aromatic carbocycles. The molecule has 0 radical (unpaired) electrons. The molecule has 31 heavy (non-hydrogen) atoms. The van der Waals surface area contributed by atoms with Crippen LogP contribution in [0.3, 0.4) is 0 Å². The zero-order chi connectivity index (χ0) is 23.3. The lowest BCUT2D eigenvalue weighted by Crippen LogP contribution is -2.50. The minimum atomic E-state index is -4.21. The first-order valence-corrected chi connectivity index (χ1v) is 10.7. The van der Waals surface area contributed by atoms with Gasteiger partial charge in [0, 0.05) is 24.5 Å². The standard InChI is InChI=1S/C21H34F3N3O4/c1-14(30-17-9-6-7-12-29-17)19(2,3)15-13-16(31-27-15)26-18(28)20(4,5)25-11-8-10-21(22,23)24/h13-14,17,25H,6-12H2,1-5H3,(H,26,28)/t14-,17?/m0/s1. The Balaban J connectivity index is 1.90. The van der Waals surface area contributed by atoms with Gasteiger partial charge >= 0.3 is 6.18 Å². The summed E-state index contributed by atoms with van der Waals surface area (Å²) in [6.45, 7) is 9.82. The van der Waals surface area contributed by atoms with Crippen molar-refractivity contribution in [1.29, 1.82) is 0 Å². The second-order valence-electron chi connectivity index (χ2n) is 9.10. The first-order chi connectivity index (χ1) is 14.3. The normalized spacial score (nSPS) is 19.3. The van der Waals surface area contributed by atoms with Crippen LogP contribution in [0, 0.1) is 0 Å². The molecule has 2 rings (SSSR count). The summed E-state index contributed by atoms with van der Waals surface area (Å²) < 4.78 is 53.8. The second-order valence-corrected chi connectivity index (χ2v) is 9.10. The quantitative estimate of drug-likeness (QED) is 0.511. The number of carbonyl (C=O) groups is 1. The third-order valence-corrected chi connectivity index (χ3v) is 5.69. The summed E-state index contributed by atoms with van der Waals surface area (Å²) in [6.07, 6.45) is -2.70. The van der Waals surface area contributed by atoms with E-state index in [9.17, 15) is 18.0 Å². The maximum Gasteiger partial charge on any atom is 0.389 e. The van der Waals surface area contributed by atoms with E-state index in [2.05, 4.69) is 15.8 Å². The van der Waals surface area contributed by atoms with Gasteiger partial charge in [-0.25, -0.2) is 0 Å². The summed E-state index contributed by atoms with van der Waals surface area (Å²) in [5.74, 6) is -0.265. The van der Waals surface area contributed by atoms with Crippen LogP contribution in [0.4, 0.5) is 19.1 Å². The number of aromatic nitrogens is 1. The van der Waals surface area contributed by atoms with Gasteiger partial charge in [0.1, 0.15) is 0 Å². The number of amides is 1. The highest BCUT2D eigenvalue weighted by Crippen LogP contribution is 2.32. The van der Waals surface area contributed by atoms with E-state index in [0.717, 1.165) is 19.3 Å². The topological polar surface area (TPSA) is 85.6 Å². The van der Waals surface area contributed by atoms with E-state index in [1.807, 2.05) is 20.8 Å². The molecule has 1 aliphatic heterocycles. The maximum atomic E-state index is 12.6. The second kappa shape index (κ2) is 10.3. The maximum absolute atomic E-state index is 12.6. The number of halogens is 3. The van der Waals surface area contributed by atoms with Crippen molar-refractivity contribution in [2.75, 3.05) is 18.5 Å². The highest BCUT2D eigenvalue weighted by molar-refractivity contribution is 5.96. The van der Waals surface area contributed by atoms with Gasteiger partial charge in [-0.3, -0.25) is 10.1 Å². The number of anilines is 1. The summed E-state index contributed by atoms with van der Waals surface area (Å²) >= 11 is 0. The van der Waals surface area contributed by atoms with Crippen LogP contribution in [0.5, 0.6) is 0 Å². The van der Waals surface area contributed by atoms with Gasteiger partial charge in [0.25, 0.3) is 0 Å². The Morgan fingerprint density at radius 3 is 2.61 bits per heavy atom. The molecule has 1 fully saturated rings. The van der Waals surface area contributed by atoms with Crippen molar-refractivity contribution >= 4 is 11.8 Å². The number of hydrogen-bond acceptors (Lipinski definition) is 6. The zero-order valence-electron chi connectivity index (χ0n) is 18.9. The highest BCUT2D eigenvalue weighted by atomic mass is 19.4. The molecule has 1 amide bonds. The fourth-order valence-corrected chi connectivity index (χ4v) is 3.10. The molecule has 1 aromatic heterocycles. The lowest BCUT2D eigenvalue weighted by Gasteiger charge is -2.34. The van der Waals surface area contributed by atoms with E-state index >= 15 is 0 Å². The molecule has 1 saturated heterocycles. The minimum absolute atomic E-state index is 0.0622. The van der Waals surface area contributed by atoms with Gasteiger partial charge in [0.05, 0.1) is 17.3 Å². The largest absolute Gasteiger partial charge is 0.389 e. The van der Waals surface area contributed by atoms with E-state index in [4.69, 9.17) is 14.0 Å². The molecule has 2 N–H and O–H groups in total. The summed E-state index contributed by atoms with van der Waals surface area (Å²) in [6, 6.07) is 1.64. The van der Waals surface area contributed by atoms with Gasteiger partial charge in [0.2, 0.25) is 11.8 Å². The number of ether oxygens (including phenoxy) is 2. The number of hydrogen-bond donors (Lipinski definition) is 2. The molecule has 0 saturated carbocycles. The summed E-state index contributed by atoms with van der Waals surface area (Å²) in [4.78, 5) is 12.6. The molecule has 0 bridgehead atoms. The average Bonchev–Trinajstić information content (AvgIpc) is 3.14.